The van der Waals surface area contributed by atoms with Gasteiger partial charge in [-0.05, 0) is 18.8 Å². The Morgan fingerprint density at radius 3 is 3.00 bits per heavy atom. The number of nitrogens with zero attached hydrogens (tertiary/aromatic N) is 1. The number of hydrogen-bond donors (Lipinski definition) is 0. The molecule has 64 valence electrons. The maximum Gasteiger partial charge on any atom is 0.298 e. The molecule has 0 bridgehead atoms. The van der Waals surface area contributed by atoms with E-state index >= 15 is 0 Å². The van der Waals surface area contributed by atoms with E-state index in [1.54, 1.807) is 4.90 Å². The number of carbonyl (C=O) groups excluding carboxylic acids is 1. The molecule has 1 rings (SSSR count). The zero-order valence-electron chi connectivity index (χ0n) is 7.50. The number of amides is 1. The van der Waals surface area contributed by atoms with Gasteiger partial charge >= 0.3 is 0 Å². The van der Waals surface area contributed by atoms with Gasteiger partial charge < -0.3 is 4.90 Å². The van der Waals surface area contributed by atoms with Gasteiger partial charge in [-0.15, -0.1) is 6.42 Å². The van der Waals surface area contributed by atoms with Crippen LogP contribution >= 0.6 is 0 Å². The summed E-state index contributed by atoms with van der Waals surface area (Å²) in [6.07, 6.45) is 7.21. The summed E-state index contributed by atoms with van der Waals surface area (Å²) in [5.41, 5.74) is 1.22. The lowest BCUT2D eigenvalue weighted by atomic mass is 10.0. The number of carbonyl (C=O) groups is 1. The van der Waals surface area contributed by atoms with Crippen molar-refractivity contribution in [2.45, 2.75) is 13.8 Å². The molecule has 1 aliphatic rings. The summed E-state index contributed by atoms with van der Waals surface area (Å²) in [6, 6.07) is 0. The molecule has 0 fully saturated rings. The van der Waals surface area contributed by atoms with Crippen LogP contribution < -0.4 is 0 Å². The maximum atomic E-state index is 11.1. The van der Waals surface area contributed by atoms with Crippen LogP contribution in [-0.2, 0) is 4.79 Å². The summed E-state index contributed by atoms with van der Waals surface area (Å²) >= 11 is 0. The van der Waals surface area contributed by atoms with Crippen LogP contribution in [0.2, 0.25) is 0 Å². The fourth-order valence-corrected chi connectivity index (χ4v) is 1.55. The van der Waals surface area contributed by atoms with Crippen molar-refractivity contribution in [3.63, 3.8) is 0 Å². The van der Waals surface area contributed by atoms with Crippen LogP contribution in [0.1, 0.15) is 13.8 Å². The van der Waals surface area contributed by atoms with E-state index in [-0.39, 0.29) is 5.91 Å². The third-order valence-corrected chi connectivity index (χ3v) is 1.93. The predicted octanol–water partition coefficient (Wildman–Crippen LogP) is 1.04. The van der Waals surface area contributed by atoms with Crippen molar-refractivity contribution in [2.75, 3.05) is 13.1 Å². The fourth-order valence-electron chi connectivity index (χ4n) is 1.55. The molecule has 2 heteroatoms. The molecule has 0 spiro atoms. The predicted molar refractivity (Wildman–Crippen MR) is 48.3 cm³/mol. The average Bonchev–Trinajstić information content (AvgIpc) is 2.01. The van der Waals surface area contributed by atoms with Crippen molar-refractivity contribution >= 4 is 5.91 Å². The SMILES string of the molecule is C#CC(=O)N1CC(C)=CC(C)C1. The van der Waals surface area contributed by atoms with Gasteiger partial charge in [-0.25, -0.2) is 0 Å². The highest BCUT2D eigenvalue weighted by atomic mass is 16.2. The molecule has 0 saturated heterocycles. The van der Waals surface area contributed by atoms with Gasteiger partial charge in [0.05, 0.1) is 0 Å². The van der Waals surface area contributed by atoms with Gasteiger partial charge in [0, 0.05) is 13.1 Å². The summed E-state index contributed by atoms with van der Waals surface area (Å²) in [6.45, 7) is 5.54. The first-order valence-electron chi connectivity index (χ1n) is 4.06. The summed E-state index contributed by atoms with van der Waals surface area (Å²) in [7, 11) is 0. The molecular weight excluding hydrogens is 150 g/mol. The molecule has 1 amide bonds. The second kappa shape index (κ2) is 3.44. The molecule has 1 heterocycles. The second-order valence-electron chi connectivity index (χ2n) is 3.32. The van der Waals surface area contributed by atoms with Gasteiger partial charge in [0.1, 0.15) is 0 Å². The highest BCUT2D eigenvalue weighted by Gasteiger charge is 2.18. The first-order chi connectivity index (χ1) is 5.63. The largest absolute Gasteiger partial charge is 0.327 e. The fraction of sp³-hybridized carbons (Fsp3) is 0.500. The Labute approximate surface area is 73.2 Å². The van der Waals surface area contributed by atoms with Gasteiger partial charge in [-0.3, -0.25) is 4.79 Å². The third kappa shape index (κ3) is 1.88. The molecule has 1 unspecified atom stereocenters. The van der Waals surface area contributed by atoms with E-state index in [4.69, 9.17) is 6.42 Å². The third-order valence-electron chi connectivity index (χ3n) is 1.93. The van der Waals surface area contributed by atoms with Crippen molar-refractivity contribution < 1.29 is 4.79 Å². The highest BCUT2D eigenvalue weighted by Crippen LogP contribution is 2.13. The summed E-state index contributed by atoms with van der Waals surface area (Å²) < 4.78 is 0. The van der Waals surface area contributed by atoms with Crippen molar-refractivity contribution in [1.29, 1.82) is 0 Å². The van der Waals surface area contributed by atoms with E-state index in [1.807, 2.05) is 6.92 Å². The minimum atomic E-state index is -0.200. The van der Waals surface area contributed by atoms with Gasteiger partial charge in [-0.1, -0.05) is 18.6 Å². The van der Waals surface area contributed by atoms with Crippen molar-refractivity contribution in [1.82, 2.24) is 4.90 Å². The highest BCUT2D eigenvalue weighted by molar-refractivity contribution is 5.93. The number of rotatable bonds is 0. The van der Waals surface area contributed by atoms with E-state index in [2.05, 4.69) is 18.9 Å². The molecule has 0 aliphatic carbocycles. The van der Waals surface area contributed by atoms with Gasteiger partial charge in [-0.2, -0.15) is 0 Å². The first kappa shape index (κ1) is 8.86. The van der Waals surface area contributed by atoms with Crippen LogP contribution in [0.5, 0.6) is 0 Å². The van der Waals surface area contributed by atoms with Gasteiger partial charge in [0.25, 0.3) is 5.91 Å². The molecule has 12 heavy (non-hydrogen) atoms. The number of hydrogen-bond acceptors (Lipinski definition) is 1. The molecule has 0 saturated carbocycles. The van der Waals surface area contributed by atoms with Crippen LogP contribution in [0.3, 0.4) is 0 Å². The van der Waals surface area contributed by atoms with Crippen molar-refractivity contribution in [3.05, 3.63) is 11.6 Å². The first-order valence-corrected chi connectivity index (χ1v) is 4.06. The lowest BCUT2D eigenvalue weighted by Crippen LogP contribution is -2.37. The van der Waals surface area contributed by atoms with Gasteiger partial charge in [0.2, 0.25) is 0 Å². The molecule has 0 aromatic carbocycles. The Balaban J connectivity index is 2.69. The Morgan fingerprint density at radius 1 is 1.83 bits per heavy atom. The minimum Gasteiger partial charge on any atom is -0.327 e. The van der Waals surface area contributed by atoms with Crippen LogP contribution in [-0.4, -0.2) is 23.9 Å². The van der Waals surface area contributed by atoms with E-state index in [0.717, 1.165) is 6.54 Å². The van der Waals surface area contributed by atoms with E-state index < -0.39 is 0 Å². The van der Waals surface area contributed by atoms with Crippen LogP contribution in [0.15, 0.2) is 11.6 Å². The van der Waals surface area contributed by atoms with Crippen molar-refractivity contribution in [3.8, 4) is 12.3 Å². The summed E-state index contributed by atoms with van der Waals surface area (Å²) in [4.78, 5) is 12.8. The lowest BCUT2D eigenvalue weighted by Gasteiger charge is -2.27. The Bertz CT molecular complexity index is 260. The molecule has 1 atom stereocenters. The number of terminal acetylenes is 1. The molecule has 0 aromatic heterocycles. The van der Waals surface area contributed by atoms with Crippen LogP contribution in [0, 0.1) is 18.3 Å². The zero-order chi connectivity index (χ0) is 9.14. The topological polar surface area (TPSA) is 20.3 Å². The monoisotopic (exact) mass is 163 g/mol. The van der Waals surface area contributed by atoms with Crippen LogP contribution in [0.4, 0.5) is 0 Å². The zero-order valence-corrected chi connectivity index (χ0v) is 7.50. The quantitative estimate of drug-likeness (QED) is 0.386. The lowest BCUT2D eigenvalue weighted by molar-refractivity contribution is -0.125. The Morgan fingerprint density at radius 2 is 2.50 bits per heavy atom. The standard InChI is InChI=1S/C10H13NO/c1-4-10(12)11-6-8(2)5-9(3)7-11/h1,5,8H,6-7H2,2-3H3. The Hall–Kier alpha value is -1.23. The van der Waals surface area contributed by atoms with Crippen molar-refractivity contribution in [2.24, 2.45) is 5.92 Å². The average molecular weight is 163 g/mol. The van der Waals surface area contributed by atoms with Crippen LogP contribution in [0.25, 0.3) is 0 Å². The normalized spacial score (nSPS) is 22.9. The molecular formula is C10H13NO. The van der Waals surface area contributed by atoms with E-state index in [9.17, 15) is 4.79 Å². The second-order valence-corrected chi connectivity index (χ2v) is 3.32. The molecule has 0 N–H and O–H groups in total. The summed E-state index contributed by atoms with van der Waals surface area (Å²) in [5, 5.41) is 0. The Kier molecular flexibility index (Phi) is 2.54. The molecule has 1 aliphatic heterocycles. The maximum absolute atomic E-state index is 11.1. The van der Waals surface area contributed by atoms with Gasteiger partial charge in [0.15, 0.2) is 0 Å². The molecule has 0 aromatic rings. The summed E-state index contributed by atoms with van der Waals surface area (Å²) in [5.74, 6) is 2.36. The molecule has 0 radical (unpaired) electrons. The smallest absolute Gasteiger partial charge is 0.298 e. The minimum absolute atomic E-state index is 0.200. The van der Waals surface area contributed by atoms with E-state index in [1.165, 1.54) is 5.57 Å². The van der Waals surface area contributed by atoms with E-state index in [0.29, 0.717) is 12.5 Å². The molecule has 2 nitrogen and oxygen atoms in total.